The Morgan fingerprint density at radius 1 is 1.18 bits per heavy atom. The van der Waals surface area contributed by atoms with Gasteiger partial charge in [-0.2, -0.15) is 4.57 Å². The SMILES string of the molecule is Cc1cc[n+](Cc2ccccc2)c(C=O)c1.[Br-]. The molecule has 0 spiro atoms. The zero-order chi connectivity index (χ0) is 11.4. The molecule has 1 aromatic heterocycles. The fourth-order valence-corrected chi connectivity index (χ4v) is 1.68. The highest BCUT2D eigenvalue weighted by molar-refractivity contribution is 5.69. The summed E-state index contributed by atoms with van der Waals surface area (Å²) in [4.78, 5) is 10.9. The van der Waals surface area contributed by atoms with Crippen molar-refractivity contribution in [2.45, 2.75) is 13.5 Å². The van der Waals surface area contributed by atoms with E-state index in [1.165, 1.54) is 5.56 Å². The van der Waals surface area contributed by atoms with Crippen LogP contribution >= 0.6 is 0 Å². The van der Waals surface area contributed by atoms with Crippen LogP contribution in [-0.4, -0.2) is 6.29 Å². The highest BCUT2D eigenvalue weighted by Crippen LogP contribution is 2.00. The van der Waals surface area contributed by atoms with Crippen molar-refractivity contribution in [1.82, 2.24) is 0 Å². The summed E-state index contributed by atoms with van der Waals surface area (Å²) in [5.41, 5.74) is 3.01. The van der Waals surface area contributed by atoms with E-state index in [1.807, 2.05) is 48.0 Å². The summed E-state index contributed by atoms with van der Waals surface area (Å²) in [5, 5.41) is 0. The van der Waals surface area contributed by atoms with Crippen molar-refractivity contribution < 1.29 is 26.3 Å². The largest absolute Gasteiger partial charge is 1.00 e. The lowest BCUT2D eigenvalue weighted by molar-refractivity contribution is -0.689. The number of aldehydes is 1. The van der Waals surface area contributed by atoms with Crippen LogP contribution in [0.3, 0.4) is 0 Å². The molecule has 2 nitrogen and oxygen atoms in total. The second-order valence-electron chi connectivity index (χ2n) is 3.86. The first-order valence-corrected chi connectivity index (χ1v) is 5.29. The molecule has 0 bridgehead atoms. The molecule has 0 saturated carbocycles. The molecule has 17 heavy (non-hydrogen) atoms. The van der Waals surface area contributed by atoms with Crippen molar-refractivity contribution in [2.75, 3.05) is 0 Å². The molecule has 3 heteroatoms. The zero-order valence-corrected chi connectivity index (χ0v) is 11.2. The smallest absolute Gasteiger partial charge is 0.245 e. The summed E-state index contributed by atoms with van der Waals surface area (Å²) in [6, 6.07) is 14.0. The number of aromatic nitrogens is 1. The molecule has 0 atom stereocenters. The Morgan fingerprint density at radius 2 is 1.88 bits per heavy atom. The Bertz CT molecular complexity index is 497. The van der Waals surface area contributed by atoms with Gasteiger partial charge in [0.05, 0.1) is 0 Å². The molecule has 88 valence electrons. The van der Waals surface area contributed by atoms with Crippen molar-refractivity contribution in [2.24, 2.45) is 0 Å². The van der Waals surface area contributed by atoms with Gasteiger partial charge in [-0.1, -0.05) is 30.3 Å². The Balaban J connectivity index is 0.00000144. The van der Waals surface area contributed by atoms with Crippen molar-refractivity contribution in [3.8, 4) is 0 Å². The van der Waals surface area contributed by atoms with E-state index in [9.17, 15) is 4.79 Å². The molecule has 0 aliphatic heterocycles. The molecule has 0 aliphatic carbocycles. The third kappa shape index (κ3) is 3.49. The molecule has 0 radical (unpaired) electrons. The van der Waals surface area contributed by atoms with Gasteiger partial charge in [-0.3, -0.25) is 4.79 Å². The Labute approximate surface area is 112 Å². The van der Waals surface area contributed by atoms with Crippen LogP contribution in [0.2, 0.25) is 0 Å². The molecular formula is C14H14BrNO. The van der Waals surface area contributed by atoms with E-state index >= 15 is 0 Å². The number of pyridine rings is 1. The number of carbonyl (C=O) groups is 1. The number of carbonyl (C=O) groups excluding carboxylic acids is 1. The normalized spacial score (nSPS) is 9.47. The van der Waals surface area contributed by atoms with E-state index in [4.69, 9.17) is 0 Å². The number of benzene rings is 1. The summed E-state index contributed by atoms with van der Waals surface area (Å²) in [6.07, 6.45) is 2.85. The van der Waals surface area contributed by atoms with Gasteiger partial charge in [-0.25, -0.2) is 0 Å². The zero-order valence-electron chi connectivity index (χ0n) is 9.64. The first-order chi connectivity index (χ1) is 7.79. The summed E-state index contributed by atoms with van der Waals surface area (Å²) >= 11 is 0. The maximum atomic E-state index is 10.9. The Morgan fingerprint density at radius 3 is 2.53 bits per heavy atom. The first-order valence-electron chi connectivity index (χ1n) is 5.29. The quantitative estimate of drug-likeness (QED) is 0.533. The highest BCUT2D eigenvalue weighted by atomic mass is 79.9. The fourth-order valence-electron chi connectivity index (χ4n) is 1.68. The van der Waals surface area contributed by atoms with E-state index in [-0.39, 0.29) is 17.0 Å². The lowest BCUT2D eigenvalue weighted by Gasteiger charge is -2.00. The maximum Gasteiger partial charge on any atom is 0.245 e. The third-order valence-electron chi connectivity index (χ3n) is 2.54. The van der Waals surface area contributed by atoms with E-state index in [0.29, 0.717) is 5.69 Å². The molecule has 0 aliphatic rings. The number of hydrogen-bond acceptors (Lipinski definition) is 1. The molecule has 2 rings (SSSR count). The monoisotopic (exact) mass is 291 g/mol. The van der Waals surface area contributed by atoms with Gasteiger partial charge < -0.3 is 17.0 Å². The van der Waals surface area contributed by atoms with Gasteiger partial charge in [0, 0.05) is 17.7 Å². The molecule has 2 aromatic rings. The van der Waals surface area contributed by atoms with Gasteiger partial charge in [0.2, 0.25) is 12.0 Å². The van der Waals surface area contributed by atoms with E-state index < -0.39 is 0 Å². The third-order valence-corrected chi connectivity index (χ3v) is 2.54. The van der Waals surface area contributed by atoms with Crippen LogP contribution in [0, 0.1) is 6.92 Å². The summed E-state index contributed by atoms with van der Waals surface area (Å²) in [5.74, 6) is 0. The van der Waals surface area contributed by atoms with Crippen LogP contribution in [0.4, 0.5) is 0 Å². The van der Waals surface area contributed by atoms with Crippen LogP contribution in [0.5, 0.6) is 0 Å². The lowest BCUT2D eigenvalue weighted by atomic mass is 10.2. The summed E-state index contributed by atoms with van der Waals surface area (Å²) < 4.78 is 1.95. The van der Waals surface area contributed by atoms with Gasteiger partial charge >= 0.3 is 0 Å². The van der Waals surface area contributed by atoms with Gasteiger partial charge in [-0.15, -0.1) is 0 Å². The topological polar surface area (TPSA) is 20.9 Å². The fraction of sp³-hybridized carbons (Fsp3) is 0.143. The maximum absolute atomic E-state index is 10.9. The number of hydrogen-bond donors (Lipinski definition) is 0. The molecule has 0 unspecified atom stereocenters. The van der Waals surface area contributed by atoms with E-state index in [1.54, 1.807) is 0 Å². The number of nitrogens with zero attached hydrogens (tertiary/aromatic N) is 1. The lowest BCUT2D eigenvalue weighted by Crippen LogP contribution is -3.00. The second kappa shape index (κ2) is 6.30. The number of aryl methyl sites for hydroxylation is 1. The van der Waals surface area contributed by atoms with Crippen LogP contribution in [0.1, 0.15) is 21.6 Å². The van der Waals surface area contributed by atoms with E-state index in [2.05, 4.69) is 12.1 Å². The van der Waals surface area contributed by atoms with Gasteiger partial charge in [0.25, 0.3) is 0 Å². The number of rotatable bonds is 3. The molecule has 0 fully saturated rings. The molecule has 0 N–H and O–H groups in total. The van der Waals surface area contributed by atoms with Crippen molar-refractivity contribution >= 4 is 6.29 Å². The van der Waals surface area contributed by atoms with Crippen LogP contribution in [0.15, 0.2) is 48.7 Å². The van der Waals surface area contributed by atoms with Gasteiger partial charge in [-0.05, 0) is 12.5 Å². The molecule has 0 amide bonds. The standard InChI is InChI=1S/C14H14NO.BrH/c1-12-7-8-15(14(9-12)11-16)10-13-5-3-2-4-6-13;/h2-9,11H,10H2,1H3;1H/q+1;/p-1. The average Bonchev–Trinajstić information content (AvgIpc) is 2.33. The van der Waals surface area contributed by atoms with Crippen LogP contribution in [-0.2, 0) is 6.54 Å². The Hall–Kier alpha value is -1.48. The van der Waals surface area contributed by atoms with Gasteiger partial charge in [0.1, 0.15) is 0 Å². The molecule has 0 saturated heterocycles. The number of halogens is 1. The van der Waals surface area contributed by atoms with E-state index in [0.717, 1.165) is 18.4 Å². The minimum Gasteiger partial charge on any atom is -1.00 e. The molecule has 1 heterocycles. The molecule has 1 aromatic carbocycles. The van der Waals surface area contributed by atoms with Crippen molar-refractivity contribution in [3.05, 3.63) is 65.5 Å². The Kier molecular flexibility index (Phi) is 5.04. The van der Waals surface area contributed by atoms with Crippen molar-refractivity contribution in [3.63, 3.8) is 0 Å². The summed E-state index contributed by atoms with van der Waals surface area (Å²) in [7, 11) is 0. The highest BCUT2D eigenvalue weighted by Gasteiger charge is 2.09. The second-order valence-corrected chi connectivity index (χ2v) is 3.86. The first kappa shape index (κ1) is 13.6. The van der Waals surface area contributed by atoms with Crippen LogP contribution < -0.4 is 21.5 Å². The molecular weight excluding hydrogens is 278 g/mol. The summed E-state index contributed by atoms with van der Waals surface area (Å²) in [6.45, 7) is 2.72. The van der Waals surface area contributed by atoms with Crippen molar-refractivity contribution in [1.29, 1.82) is 0 Å². The van der Waals surface area contributed by atoms with Gasteiger partial charge in [0.15, 0.2) is 12.7 Å². The van der Waals surface area contributed by atoms with Crippen LogP contribution in [0.25, 0.3) is 0 Å². The minimum absolute atomic E-state index is 0. The minimum atomic E-state index is 0. The predicted molar refractivity (Wildman–Crippen MR) is 62.3 cm³/mol. The average molecular weight is 292 g/mol. The predicted octanol–water partition coefficient (Wildman–Crippen LogP) is -0.853.